The second-order valence-electron chi connectivity index (χ2n) is 27.4. The summed E-state index contributed by atoms with van der Waals surface area (Å²) in [6, 6.07) is 0.756. The van der Waals surface area contributed by atoms with Gasteiger partial charge in [-0.15, -0.1) is 0 Å². The smallest absolute Gasteiger partial charge is 0.246 e. The lowest BCUT2D eigenvalue weighted by Gasteiger charge is -2.34. The third-order valence-electron chi connectivity index (χ3n) is 18.0. The minimum Gasteiger partial charge on any atom is -0.492 e. The molecule has 1 aromatic heterocycles. The fourth-order valence-electron chi connectivity index (χ4n) is 11.9. The summed E-state index contributed by atoms with van der Waals surface area (Å²) in [5.41, 5.74) is 33.6. The van der Waals surface area contributed by atoms with E-state index in [1.165, 1.54) is 32.0 Å². The number of aromatic amines is 1. The summed E-state index contributed by atoms with van der Waals surface area (Å²) in [5.74, 6) is -15.7. The molecule has 0 aliphatic carbocycles. The van der Waals surface area contributed by atoms with Gasteiger partial charge in [-0.2, -0.15) is 11.8 Å². The van der Waals surface area contributed by atoms with Crippen molar-refractivity contribution in [1.29, 1.82) is 0 Å². The highest BCUT2D eigenvalue weighted by molar-refractivity contribution is 7.99. The lowest BCUT2D eigenvalue weighted by atomic mass is 9.91. The van der Waals surface area contributed by atoms with Crippen molar-refractivity contribution < 1.29 is 86.6 Å². The quantitative estimate of drug-likeness (QED) is 0.0187. The number of halogens is 2. The van der Waals surface area contributed by atoms with E-state index in [0.29, 0.717) is 34.2 Å². The highest BCUT2D eigenvalue weighted by atomic mass is 35.5. The number of aliphatic hydroxyl groups excluding tert-OH is 1. The van der Waals surface area contributed by atoms with Crippen LogP contribution in [-0.4, -0.2) is 228 Å². The summed E-state index contributed by atoms with van der Waals surface area (Å²) < 4.78 is 5.70. The van der Waals surface area contributed by atoms with E-state index < -0.39 is 212 Å². The Bertz CT molecular complexity index is 4060. The zero-order valence-corrected chi connectivity index (χ0v) is 66.0. The maximum absolute atomic E-state index is 15.6. The number of benzene rings is 3. The van der Waals surface area contributed by atoms with E-state index in [4.69, 9.17) is 62.3 Å². The van der Waals surface area contributed by atoms with Gasteiger partial charge in [0.2, 0.25) is 94.5 Å². The van der Waals surface area contributed by atoms with Crippen molar-refractivity contribution in [2.24, 2.45) is 34.4 Å². The number of thioether (sulfide) groups is 1. The number of rotatable bonds is 39. The molecule has 0 spiro atoms. The number of nitrogens with one attached hydrogen (secondary N) is 14. The number of aromatic nitrogens is 1. The van der Waals surface area contributed by atoms with Crippen LogP contribution in [0.15, 0.2) is 72.9 Å². The topological polar surface area (TPSA) is 631 Å². The van der Waals surface area contributed by atoms with Crippen molar-refractivity contribution in [1.82, 2.24) is 74.1 Å². The molecule has 1 fully saturated rings. The van der Waals surface area contributed by atoms with Gasteiger partial charge in [0.25, 0.3) is 0 Å². The summed E-state index contributed by atoms with van der Waals surface area (Å²) in [4.78, 5) is 225. The number of primary amides is 3. The Hall–Kier alpha value is -10.7. The van der Waals surface area contributed by atoms with E-state index >= 15 is 24.0 Å². The highest BCUT2D eigenvalue weighted by Crippen LogP contribution is 2.25. The van der Waals surface area contributed by atoms with Crippen molar-refractivity contribution in [2.75, 3.05) is 50.8 Å². The lowest BCUT2D eigenvalue weighted by Crippen LogP contribution is -2.64. The van der Waals surface area contributed by atoms with Crippen LogP contribution in [0.25, 0.3) is 10.9 Å². The summed E-state index contributed by atoms with van der Waals surface area (Å²) >= 11 is 13.8. The number of fused-ring (bicyclic) bond motifs is 1. The van der Waals surface area contributed by atoms with Crippen molar-refractivity contribution in [3.63, 3.8) is 0 Å². The molecule has 1 aliphatic rings. The average Bonchev–Trinajstić information content (AvgIpc) is 1.28. The standard InChI is InChI=1S/C73H104Cl2N20O18S/c1-38(96)61-71(111)90-54(32-43-35-83-48-12-6-5-11-45(43)48)67(107)86-50(20-21-58(79)99)64(104)92-57(37-114-28-22-51(85-40(3)98)65(105)91-56(34-78)68(108)94-61)69(109)87-52(30-41-14-17-44(18-15-41)113-27-25-77)66(106)88-53(31-42-16-19-46(74)47(75)29-42)70(110)95-73(4,23-8-9-24-76)72(112)93-49(13-7-10-26-82-39(2)97)63(103)89-55(33-59(80)100)62(102)84-36-60(81)101/h5-6,11-12,14-19,29,35,38,49-57,61,83,96H,7-10,13,20-28,30-34,36-37,76-78H2,1-4H3,(H2,79,99)(H2,80,100)(H2,81,101)(H,82,97)(H,84,102)(H,85,98)(H,86,107)(H,87,109)(H,88,106)(H,89,103)(H,90,111)(H,91,105)(H,92,104)(H,93,112)(H,94,108)(H,95,110)/t38-,49+,50+,51+,52+,53+,54+,55+,56+,57+,61+,73+/m1/s1. The Balaban J connectivity index is 1.64. The van der Waals surface area contributed by atoms with Gasteiger partial charge in [0.1, 0.15) is 78.3 Å². The largest absolute Gasteiger partial charge is 0.492 e. The molecule has 4 aromatic rings. The van der Waals surface area contributed by atoms with Gasteiger partial charge < -0.3 is 118 Å². The molecule has 0 radical (unpaired) electrons. The molecule has 38 nitrogen and oxygen atoms in total. The molecule has 624 valence electrons. The van der Waals surface area contributed by atoms with E-state index in [-0.39, 0.29) is 98.5 Å². The van der Waals surface area contributed by atoms with Crippen molar-refractivity contribution in [3.05, 3.63) is 99.7 Å². The summed E-state index contributed by atoms with van der Waals surface area (Å²) in [6.07, 6.45) is -2.79. The van der Waals surface area contributed by atoms with Gasteiger partial charge in [-0.25, -0.2) is 0 Å². The number of aliphatic hydroxyl groups is 1. The Kier molecular flexibility index (Phi) is 38.8. The predicted octanol–water partition coefficient (Wildman–Crippen LogP) is -4.76. The molecule has 1 aliphatic heterocycles. The number of nitrogens with two attached hydrogens (primary N) is 6. The molecule has 12 atom stereocenters. The number of carbonyl (C=O) groups excluding carboxylic acids is 16. The first kappa shape index (κ1) is 93.9. The number of H-pyrrole nitrogens is 1. The van der Waals surface area contributed by atoms with Crippen molar-refractivity contribution >= 4 is 140 Å². The third kappa shape index (κ3) is 31.3. The SMILES string of the molecule is CC(=O)NCCCC[C@H](NC(=O)[C@](C)(CCCCN)NC(=O)[C@H](Cc1ccc(Cl)c(Cl)c1)NC(=O)[C@H](Cc1ccc(OCCN)cc1)NC(=O)[C@@H]1CSCC[C@H](NC(C)=O)C(=O)N[C@@H](CN)C(=O)N[C@@H]([C@@H](C)O)C(=O)N[C@@H](Cc2c[nH]c3ccccc23)C(=O)N[C@@H](CCC(N)=O)C(=O)N1)C(=O)N[C@@H](CC(N)=O)C(=O)NCC(N)=O. The third-order valence-corrected chi connectivity index (χ3v) is 19.8. The lowest BCUT2D eigenvalue weighted by molar-refractivity contribution is -0.138. The van der Waals surface area contributed by atoms with E-state index in [1.807, 2.05) is 0 Å². The van der Waals surface area contributed by atoms with Crippen molar-refractivity contribution in [3.8, 4) is 5.75 Å². The van der Waals surface area contributed by atoms with E-state index in [0.717, 1.165) is 25.6 Å². The molecule has 0 bridgehead atoms. The minimum absolute atomic E-state index is 0.0213. The number of hydrogen-bond acceptors (Lipinski definition) is 22. The minimum atomic E-state index is -2.02. The number of hydrogen-bond donors (Lipinski definition) is 21. The zero-order valence-electron chi connectivity index (χ0n) is 63.6. The van der Waals surface area contributed by atoms with Gasteiger partial charge in [-0.3, -0.25) is 76.7 Å². The van der Waals surface area contributed by atoms with Crippen LogP contribution in [-0.2, 0) is 96.0 Å². The van der Waals surface area contributed by atoms with Crippen LogP contribution in [0.3, 0.4) is 0 Å². The fourth-order valence-corrected chi connectivity index (χ4v) is 13.2. The van der Waals surface area contributed by atoms with Crippen LogP contribution in [0.1, 0.15) is 109 Å². The number of amides is 16. The van der Waals surface area contributed by atoms with Crippen LogP contribution < -0.4 is 108 Å². The molecule has 41 heteroatoms. The molecule has 27 N–H and O–H groups in total. The first-order valence-electron chi connectivity index (χ1n) is 36.8. The van der Waals surface area contributed by atoms with Gasteiger partial charge in [0, 0.05) is 82.0 Å². The molecule has 16 amide bonds. The highest BCUT2D eigenvalue weighted by Gasteiger charge is 2.42. The van der Waals surface area contributed by atoms with Crippen LogP contribution >= 0.6 is 35.0 Å². The molecule has 0 unspecified atom stereocenters. The van der Waals surface area contributed by atoms with Crippen LogP contribution in [0.2, 0.25) is 10.0 Å². The van der Waals surface area contributed by atoms with Gasteiger partial charge in [0.05, 0.1) is 29.1 Å². The van der Waals surface area contributed by atoms with Gasteiger partial charge in [-0.1, -0.05) is 59.6 Å². The summed E-state index contributed by atoms with van der Waals surface area (Å²) in [6.45, 7) is 4.17. The van der Waals surface area contributed by atoms with E-state index in [2.05, 4.69) is 74.1 Å². The van der Waals surface area contributed by atoms with Gasteiger partial charge in [0.15, 0.2) is 0 Å². The van der Waals surface area contributed by atoms with E-state index in [1.54, 1.807) is 54.7 Å². The van der Waals surface area contributed by atoms with Crippen molar-refractivity contribution in [2.45, 2.75) is 183 Å². The molecule has 3 aromatic carbocycles. The predicted molar refractivity (Wildman–Crippen MR) is 421 cm³/mol. The van der Waals surface area contributed by atoms with Crippen LogP contribution in [0.4, 0.5) is 0 Å². The Morgan fingerprint density at radius 1 is 0.640 bits per heavy atom. The number of unbranched alkanes of at least 4 members (excludes halogenated alkanes) is 2. The average molecular weight is 1650 g/mol. The molecule has 0 saturated carbocycles. The number of para-hydroxylation sites is 1. The summed E-state index contributed by atoms with van der Waals surface area (Å²) in [7, 11) is 0. The second kappa shape index (κ2) is 47.1. The first-order valence-corrected chi connectivity index (χ1v) is 38.7. The molecule has 5 rings (SSSR count). The zero-order chi connectivity index (χ0) is 84.4. The molecular weight excluding hydrogens is 1550 g/mol. The van der Waals surface area contributed by atoms with Gasteiger partial charge >= 0.3 is 0 Å². The molecule has 114 heavy (non-hydrogen) atoms. The maximum atomic E-state index is 15.6. The second-order valence-corrected chi connectivity index (χ2v) is 29.4. The molecule has 2 heterocycles. The normalized spacial score (nSPS) is 19.1. The number of ether oxygens (including phenoxy) is 1. The van der Waals surface area contributed by atoms with Crippen LogP contribution in [0.5, 0.6) is 5.75 Å². The maximum Gasteiger partial charge on any atom is 0.246 e. The summed E-state index contributed by atoms with van der Waals surface area (Å²) in [5, 5.41) is 44.9. The number of carbonyl (C=O) groups is 16. The van der Waals surface area contributed by atoms with Gasteiger partial charge in [-0.05, 0) is 125 Å². The Morgan fingerprint density at radius 2 is 1.28 bits per heavy atom. The molecule has 1 saturated heterocycles. The first-order chi connectivity index (χ1) is 54.0. The monoisotopic (exact) mass is 1650 g/mol. The fraction of sp³-hybridized carbons (Fsp3) is 0.507. The molecular formula is C73H104Cl2N20O18S. The Morgan fingerprint density at radius 3 is 1.92 bits per heavy atom. The Labute approximate surface area is 671 Å². The van der Waals surface area contributed by atoms with E-state index in [9.17, 15) is 57.8 Å². The van der Waals surface area contributed by atoms with Crippen LogP contribution in [0, 0.1) is 0 Å².